The first kappa shape index (κ1) is 15.7. The van der Waals surface area contributed by atoms with Gasteiger partial charge in [-0.1, -0.05) is 20.8 Å². The maximum absolute atomic E-state index is 12.2. The molecule has 3 nitrogen and oxygen atoms in total. The Bertz CT molecular complexity index is 362. The smallest absolute Gasteiger partial charge is 0.194 e. The fraction of sp³-hybridized carbons (Fsp3) is 0.643. The predicted octanol–water partition coefficient (Wildman–Crippen LogP) is 2.86. The Morgan fingerprint density at radius 1 is 1.29 bits per heavy atom. The van der Waals surface area contributed by atoms with Gasteiger partial charge in [-0.25, -0.2) is 0 Å². The molecule has 0 atom stereocenters. The lowest BCUT2D eigenvalue weighted by molar-refractivity contribution is -0.133. The van der Waals surface area contributed by atoms with E-state index in [4.69, 9.17) is 11.2 Å². The van der Waals surface area contributed by atoms with Crippen LogP contribution in [0.15, 0.2) is 11.3 Å². The lowest BCUT2D eigenvalue weighted by Crippen LogP contribution is -2.36. The summed E-state index contributed by atoms with van der Waals surface area (Å²) < 4.78 is 5.13. The fourth-order valence-corrected chi connectivity index (χ4v) is 1.28. The minimum atomic E-state index is -0.981. The van der Waals surface area contributed by atoms with Crippen molar-refractivity contribution >= 4 is 5.78 Å². The third kappa shape index (κ3) is 3.90. The molecule has 0 aromatic heterocycles. The van der Waals surface area contributed by atoms with Crippen LogP contribution in [0.4, 0.5) is 0 Å². The molecule has 0 unspecified atom stereocenters. The van der Waals surface area contributed by atoms with Crippen molar-refractivity contribution in [1.29, 1.82) is 0 Å². The van der Waals surface area contributed by atoms with Crippen LogP contribution in [0.5, 0.6) is 0 Å². The number of hydrogen-bond acceptors (Lipinski definition) is 3. The number of rotatable bonds is 4. The number of aliphatic hydroxyl groups excluding tert-OH is 1. The molecule has 0 aliphatic rings. The summed E-state index contributed by atoms with van der Waals surface area (Å²) in [5.41, 5.74) is -1.23. The molecule has 0 aromatic rings. The summed E-state index contributed by atoms with van der Waals surface area (Å²) in [4.78, 5) is 12.2. The highest BCUT2D eigenvalue weighted by Crippen LogP contribution is 2.29. The number of ether oxygens (including phenoxy) is 1. The SMILES string of the molecule is C#CC/C(C(=O)C(C)(C)OC)=C(/O)C(C)(C)C. The molecule has 0 aliphatic heterocycles. The number of hydrogen-bond donors (Lipinski definition) is 1. The van der Waals surface area contributed by atoms with Crippen molar-refractivity contribution in [1.82, 2.24) is 0 Å². The fourth-order valence-electron chi connectivity index (χ4n) is 1.28. The van der Waals surface area contributed by atoms with Gasteiger partial charge in [-0.3, -0.25) is 4.79 Å². The van der Waals surface area contributed by atoms with Crippen LogP contribution in [-0.2, 0) is 9.53 Å². The Morgan fingerprint density at radius 2 is 1.76 bits per heavy atom. The highest BCUT2D eigenvalue weighted by atomic mass is 16.5. The van der Waals surface area contributed by atoms with Crippen LogP contribution in [0.25, 0.3) is 0 Å². The summed E-state index contributed by atoms with van der Waals surface area (Å²) in [5, 5.41) is 10.1. The molecule has 96 valence electrons. The van der Waals surface area contributed by atoms with E-state index in [-0.39, 0.29) is 23.5 Å². The largest absolute Gasteiger partial charge is 0.511 e. The Hall–Kier alpha value is -1.27. The minimum Gasteiger partial charge on any atom is -0.511 e. The molecule has 0 saturated carbocycles. The van der Waals surface area contributed by atoms with E-state index in [1.165, 1.54) is 7.11 Å². The summed E-state index contributed by atoms with van der Waals surface area (Å²) in [7, 11) is 1.46. The number of Topliss-reactive ketones (excluding diaryl/α,β-unsaturated/α-hetero) is 1. The van der Waals surface area contributed by atoms with Gasteiger partial charge in [-0.05, 0) is 13.8 Å². The Kier molecular flexibility index (Phi) is 4.97. The number of aliphatic hydroxyl groups is 1. The molecule has 0 fully saturated rings. The van der Waals surface area contributed by atoms with Crippen LogP contribution < -0.4 is 0 Å². The van der Waals surface area contributed by atoms with E-state index in [1.807, 2.05) is 20.8 Å². The van der Waals surface area contributed by atoms with E-state index >= 15 is 0 Å². The molecule has 0 aliphatic carbocycles. The molecule has 0 heterocycles. The Labute approximate surface area is 104 Å². The highest BCUT2D eigenvalue weighted by Gasteiger charge is 2.33. The lowest BCUT2D eigenvalue weighted by Gasteiger charge is -2.26. The monoisotopic (exact) mass is 238 g/mol. The van der Waals surface area contributed by atoms with E-state index < -0.39 is 11.0 Å². The van der Waals surface area contributed by atoms with Crippen LogP contribution >= 0.6 is 0 Å². The van der Waals surface area contributed by atoms with Crippen molar-refractivity contribution in [2.75, 3.05) is 7.11 Å². The predicted molar refractivity (Wildman–Crippen MR) is 68.7 cm³/mol. The topological polar surface area (TPSA) is 46.5 Å². The summed E-state index contributed by atoms with van der Waals surface area (Å²) >= 11 is 0. The average molecular weight is 238 g/mol. The third-order valence-corrected chi connectivity index (χ3v) is 2.61. The van der Waals surface area contributed by atoms with Crippen molar-refractivity contribution in [2.24, 2.45) is 5.41 Å². The van der Waals surface area contributed by atoms with Crippen LogP contribution in [0.3, 0.4) is 0 Å². The minimum absolute atomic E-state index is 0.0329. The first-order chi connectivity index (χ1) is 7.57. The molecule has 0 saturated heterocycles. The van der Waals surface area contributed by atoms with E-state index in [9.17, 15) is 9.90 Å². The zero-order valence-electron chi connectivity index (χ0n) is 11.5. The molecule has 0 bridgehead atoms. The van der Waals surface area contributed by atoms with Gasteiger partial charge in [0.05, 0.1) is 0 Å². The third-order valence-electron chi connectivity index (χ3n) is 2.61. The maximum atomic E-state index is 12.2. The van der Waals surface area contributed by atoms with Gasteiger partial charge in [0.25, 0.3) is 0 Å². The van der Waals surface area contributed by atoms with E-state index in [0.717, 1.165) is 0 Å². The second-order valence-electron chi connectivity index (χ2n) is 5.50. The molecule has 0 spiro atoms. The lowest BCUT2D eigenvalue weighted by atomic mass is 9.85. The number of terminal acetylenes is 1. The summed E-state index contributed by atoms with van der Waals surface area (Å²) in [6.07, 6.45) is 5.35. The molecular weight excluding hydrogens is 216 g/mol. The van der Waals surface area contributed by atoms with Crippen LogP contribution in [-0.4, -0.2) is 23.6 Å². The molecule has 0 radical (unpaired) electrons. The number of carbonyl (C=O) groups excluding carboxylic acids is 1. The summed E-state index contributed by atoms with van der Waals surface area (Å²) in [6.45, 7) is 8.79. The quantitative estimate of drug-likeness (QED) is 0.465. The highest BCUT2D eigenvalue weighted by molar-refractivity contribution is 6.02. The van der Waals surface area contributed by atoms with Gasteiger partial charge in [-0.2, -0.15) is 0 Å². The molecule has 3 heteroatoms. The van der Waals surface area contributed by atoms with Crippen LogP contribution in [0.1, 0.15) is 41.0 Å². The van der Waals surface area contributed by atoms with Gasteiger partial charge in [-0.15, -0.1) is 12.3 Å². The molecule has 0 aromatic carbocycles. The molecule has 0 amide bonds. The van der Waals surface area contributed by atoms with Gasteiger partial charge in [0.2, 0.25) is 0 Å². The van der Waals surface area contributed by atoms with Crippen LogP contribution in [0.2, 0.25) is 0 Å². The zero-order chi connectivity index (χ0) is 13.9. The second-order valence-corrected chi connectivity index (χ2v) is 5.50. The van der Waals surface area contributed by atoms with E-state index in [1.54, 1.807) is 13.8 Å². The van der Waals surface area contributed by atoms with Crippen LogP contribution in [0, 0.1) is 17.8 Å². The van der Waals surface area contributed by atoms with E-state index in [2.05, 4.69) is 5.92 Å². The molecule has 0 rings (SSSR count). The van der Waals surface area contributed by atoms with Crippen molar-refractivity contribution in [3.63, 3.8) is 0 Å². The van der Waals surface area contributed by atoms with Crippen molar-refractivity contribution in [2.45, 2.75) is 46.6 Å². The van der Waals surface area contributed by atoms with Gasteiger partial charge in [0.1, 0.15) is 11.4 Å². The molecule has 17 heavy (non-hydrogen) atoms. The van der Waals surface area contributed by atoms with Crippen molar-refractivity contribution < 1.29 is 14.6 Å². The molecule has 1 N–H and O–H groups in total. The average Bonchev–Trinajstić information content (AvgIpc) is 2.22. The van der Waals surface area contributed by atoms with E-state index in [0.29, 0.717) is 0 Å². The number of carbonyl (C=O) groups is 1. The Morgan fingerprint density at radius 3 is 2.06 bits per heavy atom. The van der Waals surface area contributed by atoms with Gasteiger partial charge in [0.15, 0.2) is 5.78 Å². The number of methoxy groups -OCH3 is 1. The van der Waals surface area contributed by atoms with Crippen molar-refractivity contribution in [3.8, 4) is 12.3 Å². The maximum Gasteiger partial charge on any atom is 0.194 e. The normalized spacial score (nSPS) is 13.9. The molecular formula is C14H22O3. The van der Waals surface area contributed by atoms with Gasteiger partial charge in [0, 0.05) is 24.5 Å². The number of ketones is 1. The number of allylic oxidation sites excluding steroid dienone is 1. The summed E-state index contributed by atoms with van der Waals surface area (Å²) in [6, 6.07) is 0. The second kappa shape index (κ2) is 5.37. The standard InChI is InChI=1S/C14H22O3/c1-8-9-10(11(15)13(2,3)4)12(16)14(5,6)17-7/h1,15H,9H2,2-7H3/b11-10-. The zero-order valence-corrected chi connectivity index (χ0v) is 11.5. The van der Waals surface area contributed by atoms with Gasteiger partial charge >= 0.3 is 0 Å². The Balaban J connectivity index is 5.58. The summed E-state index contributed by atoms with van der Waals surface area (Å²) in [5.74, 6) is 2.16. The van der Waals surface area contributed by atoms with Gasteiger partial charge < -0.3 is 9.84 Å². The first-order valence-electron chi connectivity index (χ1n) is 5.54. The van der Waals surface area contributed by atoms with Crippen molar-refractivity contribution in [3.05, 3.63) is 11.3 Å². The first-order valence-corrected chi connectivity index (χ1v) is 5.54.